The van der Waals surface area contributed by atoms with Gasteiger partial charge in [-0.25, -0.2) is 0 Å². The van der Waals surface area contributed by atoms with Crippen LogP contribution >= 0.6 is 0 Å². The molecule has 1 saturated carbocycles. The number of ether oxygens (including phenoxy) is 1. The topological polar surface area (TPSA) is 44.1 Å². The van der Waals surface area contributed by atoms with E-state index in [0.717, 1.165) is 35.2 Å². The lowest BCUT2D eigenvalue weighted by molar-refractivity contribution is -0.127. The molecule has 0 atom stereocenters. The second-order valence-corrected chi connectivity index (χ2v) is 7.61. The van der Waals surface area contributed by atoms with Gasteiger partial charge in [-0.3, -0.25) is 9.48 Å². The number of fused-ring (bicyclic) bond motifs is 1. The number of aromatic nitrogens is 2. The van der Waals surface area contributed by atoms with Crippen molar-refractivity contribution in [3.05, 3.63) is 29.5 Å². The van der Waals surface area contributed by atoms with Crippen LogP contribution in [0.15, 0.2) is 23.8 Å². The predicted octanol–water partition coefficient (Wildman–Crippen LogP) is 4.62. The molecular weight excluding hydrogens is 300 g/mol. The fourth-order valence-corrected chi connectivity index (χ4v) is 3.07. The summed E-state index contributed by atoms with van der Waals surface area (Å²) in [4.78, 5) is 12.5. The molecule has 1 heterocycles. The molecule has 3 rings (SSSR count). The van der Waals surface area contributed by atoms with Crippen molar-refractivity contribution in [2.24, 2.45) is 5.41 Å². The minimum Gasteiger partial charge on any atom is -0.497 e. The standard InChI is InChI=1S/C20H26N2O2/c1-20(2,3)19(23)13-22-18-12-15(24-4)9-10-16(18)17(21-22)11-14-7-5-6-8-14/h9-12H,5-8,13H2,1-4H3. The van der Waals surface area contributed by atoms with Crippen molar-refractivity contribution < 1.29 is 9.53 Å². The van der Waals surface area contributed by atoms with Gasteiger partial charge in [0.1, 0.15) is 12.3 Å². The lowest BCUT2D eigenvalue weighted by atomic mass is 9.91. The summed E-state index contributed by atoms with van der Waals surface area (Å²) in [5.74, 6) is 0.960. The van der Waals surface area contributed by atoms with Gasteiger partial charge in [-0.1, -0.05) is 26.3 Å². The Balaban J connectivity index is 2.06. The van der Waals surface area contributed by atoms with Crippen LogP contribution in [0.1, 0.15) is 52.1 Å². The molecule has 128 valence electrons. The summed E-state index contributed by atoms with van der Waals surface area (Å²) in [6.45, 7) is 6.13. The normalized spacial score (nSPS) is 15.1. The maximum absolute atomic E-state index is 12.5. The third-order valence-electron chi connectivity index (χ3n) is 4.70. The highest BCUT2D eigenvalue weighted by Gasteiger charge is 2.23. The fourth-order valence-electron chi connectivity index (χ4n) is 3.07. The van der Waals surface area contributed by atoms with Crippen molar-refractivity contribution in [2.45, 2.75) is 53.0 Å². The molecule has 4 heteroatoms. The van der Waals surface area contributed by atoms with Crippen LogP contribution in [0.25, 0.3) is 17.0 Å². The lowest BCUT2D eigenvalue weighted by Crippen LogP contribution is -2.25. The molecule has 24 heavy (non-hydrogen) atoms. The van der Waals surface area contributed by atoms with Gasteiger partial charge >= 0.3 is 0 Å². The van der Waals surface area contributed by atoms with Gasteiger partial charge in [-0.2, -0.15) is 5.10 Å². The number of benzene rings is 1. The summed E-state index contributed by atoms with van der Waals surface area (Å²) in [6, 6.07) is 5.96. The molecule has 0 unspecified atom stereocenters. The molecule has 1 aromatic carbocycles. The first-order chi connectivity index (χ1) is 11.4. The molecule has 1 aliphatic carbocycles. The monoisotopic (exact) mass is 326 g/mol. The van der Waals surface area contributed by atoms with Crippen LogP contribution in [0.3, 0.4) is 0 Å². The Morgan fingerprint density at radius 3 is 2.62 bits per heavy atom. The van der Waals surface area contributed by atoms with E-state index in [1.165, 1.54) is 18.4 Å². The van der Waals surface area contributed by atoms with Gasteiger partial charge < -0.3 is 4.74 Å². The van der Waals surface area contributed by atoms with E-state index in [4.69, 9.17) is 9.84 Å². The van der Waals surface area contributed by atoms with Crippen LogP contribution in [0.4, 0.5) is 0 Å². The summed E-state index contributed by atoms with van der Waals surface area (Å²) < 4.78 is 7.18. The Hall–Kier alpha value is -2.10. The Morgan fingerprint density at radius 2 is 2.00 bits per heavy atom. The van der Waals surface area contributed by atoms with Crippen LogP contribution in [-0.4, -0.2) is 22.7 Å². The summed E-state index contributed by atoms with van der Waals surface area (Å²) >= 11 is 0. The molecule has 1 aromatic heterocycles. The van der Waals surface area contributed by atoms with Crippen molar-refractivity contribution in [3.8, 4) is 5.75 Å². The van der Waals surface area contributed by atoms with Crippen LogP contribution in [-0.2, 0) is 11.3 Å². The number of methoxy groups -OCH3 is 1. The summed E-state index contributed by atoms with van der Waals surface area (Å²) in [5.41, 5.74) is 3.00. The smallest absolute Gasteiger partial charge is 0.159 e. The van der Waals surface area contributed by atoms with E-state index in [9.17, 15) is 4.79 Å². The van der Waals surface area contributed by atoms with Crippen molar-refractivity contribution in [1.29, 1.82) is 0 Å². The molecule has 0 bridgehead atoms. The molecule has 1 aliphatic rings. The Morgan fingerprint density at radius 1 is 1.29 bits per heavy atom. The average Bonchev–Trinajstić information content (AvgIpc) is 3.15. The molecule has 0 spiro atoms. The van der Waals surface area contributed by atoms with Gasteiger partial charge in [0.05, 0.1) is 18.3 Å². The first kappa shape index (κ1) is 16.7. The van der Waals surface area contributed by atoms with Crippen LogP contribution < -0.4 is 4.74 Å². The second-order valence-electron chi connectivity index (χ2n) is 7.61. The van der Waals surface area contributed by atoms with E-state index >= 15 is 0 Å². The predicted molar refractivity (Wildman–Crippen MR) is 97.2 cm³/mol. The lowest BCUT2D eigenvalue weighted by Gasteiger charge is -2.16. The highest BCUT2D eigenvalue weighted by molar-refractivity contribution is 5.91. The van der Waals surface area contributed by atoms with Crippen LogP contribution in [0.5, 0.6) is 5.75 Å². The molecule has 2 aromatic rings. The minimum absolute atomic E-state index is 0.176. The zero-order chi connectivity index (χ0) is 17.3. The second kappa shape index (κ2) is 6.42. The first-order valence-electron chi connectivity index (χ1n) is 8.66. The molecule has 0 amide bonds. The number of Topliss-reactive ketones (excluding diaryl/α,β-unsaturated/α-hetero) is 1. The zero-order valence-corrected chi connectivity index (χ0v) is 15.1. The number of carbonyl (C=O) groups excluding carboxylic acids is 1. The van der Waals surface area contributed by atoms with E-state index in [2.05, 4.69) is 6.08 Å². The van der Waals surface area contributed by atoms with Gasteiger partial charge in [0.2, 0.25) is 0 Å². The number of ketones is 1. The maximum atomic E-state index is 12.5. The largest absolute Gasteiger partial charge is 0.497 e. The van der Waals surface area contributed by atoms with E-state index in [1.54, 1.807) is 7.11 Å². The van der Waals surface area contributed by atoms with Gasteiger partial charge in [-0.05, 0) is 43.9 Å². The molecule has 1 fully saturated rings. The van der Waals surface area contributed by atoms with Crippen molar-refractivity contribution in [2.75, 3.05) is 7.11 Å². The van der Waals surface area contributed by atoms with Crippen LogP contribution in [0, 0.1) is 5.41 Å². The number of hydrogen-bond acceptors (Lipinski definition) is 3. The Bertz CT molecular complexity index is 786. The molecular formula is C20H26N2O2. The van der Waals surface area contributed by atoms with Crippen molar-refractivity contribution >= 4 is 22.8 Å². The number of carbonyl (C=O) groups is 1. The maximum Gasteiger partial charge on any atom is 0.159 e. The van der Waals surface area contributed by atoms with Gasteiger partial charge in [0.15, 0.2) is 5.78 Å². The minimum atomic E-state index is -0.374. The first-order valence-corrected chi connectivity index (χ1v) is 8.66. The third kappa shape index (κ3) is 3.37. The Kier molecular flexibility index (Phi) is 4.48. The van der Waals surface area contributed by atoms with E-state index < -0.39 is 0 Å². The van der Waals surface area contributed by atoms with Crippen LogP contribution in [0.2, 0.25) is 0 Å². The number of rotatable bonds is 4. The fraction of sp³-hybridized carbons (Fsp3) is 0.500. The third-order valence-corrected chi connectivity index (χ3v) is 4.70. The quantitative estimate of drug-likeness (QED) is 0.823. The molecule has 0 aliphatic heterocycles. The highest BCUT2D eigenvalue weighted by atomic mass is 16.5. The summed E-state index contributed by atoms with van der Waals surface area (Å²) in [6.07, 6.45) is 7.05. The van der Waals surface area contributed by atoms with E-state index in [-0.39, 0.29) is 17.7 Å². The molecule has 0 N–H and O–H groups in total. The molecule has 0 radical (unpaired) electrons. The Labute approximate surface area is 143 Å². The van der Waals surface area contributed by atoms with E-state index in [1.807, 2.05) is 43.7 Å². The van der Waals surface area contributed by atoms with Gasteiger partial charge in [0, 0.05) is 16.9 Å². The van der Waals surface area contributed by atoms with Crippen molar-refractivity contribution in [3.63, 3.8) is 0 Å². The number of allylic oxidation sites excluding steroid dienone is 1. The SMILES string of the molecule is COc1ccc2c(C=C3CCCC3)nn(CC(=O)C(C)(C)C)c2c1. The summed E-state index contributed by atoms with van der Waals surface area (Å²) in [5, 5.41) is 5.83. The van der Waals surface area contributed by atoms with Gasteiger partial charge in [0.25, 0.3) is 0 Å². The summed E-state index contributed by atoms with van der Waals surface area (Å²) in [7, 11) is 1.66. The highest BCUT2D eigenvalue weighted by Crippen LogP contribution is 2.30. The number of nitrogens with zero attached hydrogens (tertiary/aromatic N) is 2. The van der Waals surface area contributed by atoms with Gasteiger partial charge in [-0.15, -0.1) is 0 Å². The molecule has 4 nitrogen and oxygen atoms in total. The number of hydrogen-bond donors (Lipinski definition) is 0. The molecule has 0 saturated heterocycles. The average molecular weight is 326 g/mol. The van der Waals surface area contributed by atoms with E-state index in [0.29, 0.717) is 0 Å². The zero-order valence-electron chi connectivity index (χ0n) is 15.1. The van der Waals surface area contributed by atoms with Crippen molar-refractivity contribution in [1.82, 2.24) is 9.78 Å².